The maximum atomic E-state index is 12.7. The summed E-state index contributed by atoms with van der Waals surface area (Å²) >= 11 is 0. The number of rotatable bonds is 3. The zero-order valence-electron chi connectivity index (χ0n) is 14.8. The Morgan fingerprint density at radius 2 is 1.52 bits per heavy atom. The van der Waals surface area contributed by atoms with Crippen LogP contribution in [0, 0.1) is 11.8 Å². The van der Waals surface area contributed by atoms with Gasteiger partial charge in [0.25, 0.3) is 0 Å². The van der Waals surface area contributed by atoms with Gasteiger partial charge in [-0.25, -0.2) is 0 Å². The van der Waals surface area contributed by atoms with Crippen LogP contribution in [0.5, 0.6) is 5.75 Å². The monoisotopic (exact) mass is 369 g/mol. The zero-order valence-corrected chi connectivity index (χ0v) is 14.8. The van der Waals surface area contributed by atoms with Crippen molar-refractivity contribution in [1.29, 1.82) is 0 Å². The number of aliphatic hydroxyl groups is 2. The molecule has 4 unspecified atom stereocenters. The predicted octanol–water partition coefficient (Wildman–Crippen LogP) is 0.557. The fourth-order valence-electron chi connectivity index (χ4n) is 4.71. The summed E-state index contributed by atoms with van der Waals surface area (Å²) < 4.78 is 5.23. The number of carboxylic acid groups (broad SMARTS) is 1. The summed E-state index contributed by atoms with van der Waals surface area (Å²) in [7, 11) is 2.83. The van der Waals surface area contributed by atoms with Crippen molar-refractivity contribution >= 4 is 11.9 Å². The Hall–Kier alpha value is -2.90. The molecule has 0 aromatic heterocycles. The van der Waals surface area contributed by atoms with Gasteiger partial charge in [-0.05, 0) is 34.4 Å². The molecule has 0 aliphatic heterocycles. The summed E-state index contributed by atoms with van der Waals surface area (Å²) in [5, 5.41) is 36.0. The lowest BCUT2D eigenvalue weighted by Gasteiger charge is -2.57. The van der Waals surface area contributed by atoms with Crippen molar-refractivity contribution in [3.8, 4) is 5.75 Å². The summed E-state index contributed by atoms with van der Waals surface area (Å²) in [6, 6.07) is 11.2. The van der Waals surface area contributed by atoms with E-state index >= 15 is 0 Å². The summed E-state index contributed by atoms with van der Waals surface area (Å²) in [5.74, 6) is -4.58. The van der Waals surface area contributed by atoms with Gasteiger partial charge in [0.1, 0.15) is 22.9 Å². The van der Waals surface area contributed by atoms with Crippen LogP contribution in [-0.4, -0.2) is 41.4 Å². The van der Waals surface area contributed by atoms with Gasteiger partial charge < -0.3 is 25.4 Å². The van der Waals surface area contributed by atoms with Crippen LogP contribution in [0.25, 0.3) is 0 Å². The van der Waals surface area contributed by atoms with Crippen LogP contribution in [0.15, 0.2) is 42.5 Å². The van der Waals surface area contributed by atoms with Crippen LogP contribution in [-0.2, 0) is 20.8 Å². The summed E-state index contributed by atoms with van der Waals surface area (Å²) in [5.41, 5.74) is -2.75. The van der Waals surface area contributed by atoms with E-state index in [0.717, 1.165) is 0 Å². The van der Waals surface area contributed by atoms with Crippen LogP contribution in [0.4, 0.5) is 0 Å². The van der Waals surface area contributed by atoms with Gasteiger partial charge in [0.2, 0.25) is 5.91 Å². The van der Waals surface area contributed by atoms with Crippen molar-refractivity contribution in [2.24, 2.45) is 11.8 Å². The number of nitrogens with one attached hydrogen (secondary N) is 1. The molecule has 2 aromatic rings. The molecule has 0 radical (unpaired) electrons. The highest BCUT2D eigenvalue weighted by Gasteiger charge is 2.69. The molecule has 7 heteroatoms. The first kappa shape index (κ1) is 17.5. The van der Waals surface area contributed by atoms with Crippen molar-refractivity contribution in [1.82, 2.24) is 5.32 Å². The number of carbonyl (C=O) groups is 2. The Bertz CT molecular complexity index is 973. The smallest absolute Gasteiger partial charge is 0.311 e. The van der Waals surface area contributed by atoms with Crippen LogP contribution in [0.2, 0.25) is 0 Å². The van der Waals surface area contributed by atoms with Gasteiger partial charge in [0, 0.05) is 7.05 Å². The van der Waals surface area contributed by atoms with Gasteiger partial charge in [-0.1, -0.05) is 30.3 Å². The summed E-state index contributed by atoms with van der Waals surface area (Å²) in [6.45, 7) is 0. The van der Waals surface area contributed by atoms with E-state index in [2.05, 4.69) is 5.32 Å². The second kappa shape index (κ2) is 5.55. The molecule has 140 valence electrons. The maximum Gasteiger partial charge on any atom is 0.311 e. The standard InChI is InChI=1S/C20H19NO6/c1-21-17(22)15-16(18(23)24)20(26)12-6-4-3-5-11(12)19(15,25)13-8-7-10(27-2)9-14(13)20/h3-9,15-16,25-26H,1-2H3,(H,21,22)(H,23,24). The summed E-state index contributed by atoms with van der Waals surface area (Å²) in [4.78, 5) is 24.9. The van der Waals surface area contributed by atoms with E-state index in [9.17, 15) is 24.9 Å². The average Bonchev–Trinajstić information content (AvgIpc) is 2.68. The molecule has 0 saturated carbocycles. The summed E-state index contributed by atoms with van der Waals surface area (Å²) in [6.07, 6.45) is 0. The van der Waals surface area contributed by atoms with Gasteiger partial charge in [-0.2, -0.15) is 0 Å². The molecule has 3 aliphatic rings. The third-order valence-electron chi connectivity index (χ3n) is 5.82. The molecule has 2 bridgehead atoms. The molecule has 2 aromatic carbocycles. The van der Waals surface area contributed by atoms with Crippen LogP contribution in [0.1, 0.15) is 22.3 Å². The molecule has 4 atom stereocenters. The number of benzene rings is 2. The van der Waals surface area contributed by atoms with Gasteiger partial charge >= 0.3 is 5.97 Å². The molecule has 27 heavy (non-hydrogen) atoms. The SMILES string of the molecule is CNC(=O)C1C(C(=O)O)C2(O)c3ccccc3C1(O)c1ccc(OC)cc12. The number of aliphatic carboxylic acids is 1. The normalized spacial score (nSPS) is 30.2. The first-order valence-electron chi connectivity index (χ1n) is 8.49. The molecule has 0 spiro atoms. The van der Waals surface area contributed by atoms with Crippen molar-refractivity contribution in [3.63, 3.8) is 0 Å². The molecular formula is C20H19NO6. The fraction of sp³-hybridized carbons (Fsp3) is 0.300. The van der Waals surface area contributed by atoms with E-state index in [1.54, 1.807) is 36.4 Å². The first-order chi connectivity index (χ1) is 12.8. The fourth-order valence-corrected chi connectivity index (χ4v) is 4.71. The number of hydrogen-bond donors (Lipinski definition) is 4. The van der Waals surface area contributed by atoms with Crippen LogP contribution in [0.3, 0.4) is 0 Å². The quantitative estimate of drug-likeness (QED) is 0.628. The second-order valence-corrected chi connectivity index (χ2v) is 6.90. The highest BCUT2D eigenvalue weighted by Crippen LogP contribution is 2.62. The lowest BCUT2D eigenvalue weighted by molar-refractivity contribution is -0.179. The van der Waals surface area contributed by atoms with Crippen molar-refractivity contribution in [3.05, 3.63) is 64.7 Å². The zero-order chi connectivity index (χ0) is 19.6. The van der Waals surface area contributed by atoms with E-state index in [1.807, 2.05) is 0 Å². The van der Waals surface area contributed by atoms with Crippen LogP contribution >= 0.6 is 0 Å². The largest absolute Gasteiger partial charge is 0.497 e. The molecule has 3 aliphatic carbocycles. The number of methoxy groups -OCH3 is 1. The van der Waals surface area contributed by atoms with Gasteiger partial charge in [-0.15, -0.1) is 0 Å². The highest BCUT2D eigenvalue weighted by atomic mass is 16.5. The number of fused-ring (bicyclic) bond motifs is 1. The Balaban J connectivity index is 2.17. The minimum absolute atomic E-state index is 0.232. The third-order valence-corrected chi connectivity index (χ3v) is 5.82. The molecule has 7 nitrogen and oxygen atoms in total. The number of ether oxygens (including phenoxy) is 1. The minimum atomic E-state index is -1.99. The average molecular weight is 369 g/mol. The molecule has 1 amide bonds. The van der Waals surface area contributed by atoms with Gasteiger partial charge in [0.05, 0.1) is 13.0 Å². The molecule has 5 rings (SSSR count). The topological polar surface area (TPSA) is 116 Å². The van der Waals surface area contributed by atoms with Gasteiger partial charge in [0.15, 0.2) is 0 Å². The second-order valence-electron chi connectivity index (χ2n) is 6.90. The van der Waals surface area contributed by atoms with E-state index in [0.29, 0.717) is 16.9 Å². The van der Waals surface area contributed by atoms with Crippen molar-refractivity contribution in [2.75, 3.05) is 14.2 Å². The molecule has 0 saturated heterocycles. The molecule has 0 fully saturated rings. The molecule has 4 N–H and O–H groups in total. The number of hydrogen-bond acceptors (Lipinski definition) is 5. The van der Waals surface area contributed by atoms with Gasteiger partial charge in [-0.3, -0.25) is 9.59 Å². The van der Waals surface area contributed by atoms with E-state index in [-0.39, 0.29) is 11.1 Å². The Morgan fingerprint density at radius 3 is 2.04 bits per heavy atom. The highest BCUT2D eigenvalue weighted by molar-refractivity contribution is 5.91. The van der Waals surface area contributed by atoms with Crippen molar-refractivity contribution in [2.45, 2.75) is 11.2 Å². The van der Waals surface area contributed by atoms with E-state index in [4.69, 9.17) is 4.74 Å². The molecular weight excluding hydrogens is 350 g/mol. The Kier molecular flexibility index (Phi) is 3.60. The van der Waals surface area contributed by atoms with E-state index in [1.165, 1.54) is 20.2 Å². The predicted molar refractivity (Wildman–Crippen MR) is 94.1 cm³/mol. The van der Waals surface area contributed by atoms with E-state index < -0.39 is 34.9 Å². The van der Waals surface area contributed by atoms with Crippen LogP contribution < -0.4 is 10.1 Å². The third kappa shape index (κ3) is 1.92. The lowest BCUT2D eigenvalue weighted by atomic mass is 9.49. The lowest BCUT2D eigenvalue weighted by Crippen LogP contribution is -2.65. The molecule has 0 heterocycles. The number of carboxylic acids is 1. The maximum absolute atomic E-state index is 12.7. The van der Waals surface area contributed by atoms with Crippen molar-refractivity contribution < 1.29 is 29.6 Å². The Morgan fingerprint density at radius 1 is 0.963 bits per heavy atom. The number of amides is 1. The Labute approximate surface area is 155 Å². The number of carbonyl (C=O) groups excluding carboxylic acids is 1. The minimum Gasteiger partial charge on any atom is -0.497 e. The first-order valence-corrected chi connectivity index (χ1v) is 8.49.